The van der Waals surface area contributed by atoms with Gasteiger partial charge in [-0.3, -0.25) is 14.7 Å². The minimum atomic E-state index is -3.68. The summed E-state index contributed by atoms with van der Waals surface area (Å²) in [5.74, 6) is 0.961. The third-order valence-corrected chi connectivity index (χ3v) is 3.96. The van der Waals surface area contributed by atoms with Gasteiger partial charge in [0, 0.05) is 27.7 Å². The topological polar surface area (TPSA) is 78.7 Å². The van der Waals surface area contributed by atoms with Crippen molar-refractivity contribution in [2.45, 2.75) is 0 Å². The van der Waals surface area contributed by atoms with Crippen LogP contribution in [0.25, 0.3) is 0 Å². The zero-order chi connectivity index (χ0) is 12.6. The van der Waals surface area contributed by atoms with E-state index in [9.17, 15) is 14.7 Å². The van der Waals surface area contributed by atoms with Crippen molar-refractivity contribution in [3.05, 3.63) is 20.5 Å². The van der Waals surface area contributed by atoms with E-state index in [0.29, 0.717) is 0 Å². The molecule has 0 aromatic rings. The number of rotatable bonds is 8. The highest BCUT2D eigenvalue weighted by Crippen LogP contribution is 2.51. The second kappa shape index (κ2) is 8.44. The van der Waals surface area contributed by atoms with Gasteiger partial charge in [0.25, 0.3) is 0 Å². The third kappa shape index (κ3) is 6.83. The van der Waals surface area contributed by atoms with Crippen LogP contribution >= 0.6 is 46.7 Å². The van der Waals surface area contributed by atoms with Gasteiger partial charge >= 0.3 is 12.2 Å². The van der Waals surface area contributed by atoms with E-state index >= 15 is 0 Å². The molecule has 0 fully saturated rings. The van der Waals surface area contributed by atoms with Gasteiger partial charge in [-0.2, -0.15) is 0 Å². The quantitative estimate of drug-likeness (QED) is 0.219. The Bertz CT molecular complexity index is 301. The summed E-state index contributed by atoms with van der Waals surface area (Å²) in [5.41, 5.74) is 0. The van der Waals surface area contributed by atoms with Crippen molar-refractivity contribution in [2.75, 3.05) is 25.0 Å². The first-order valence-corrected chi connectivity index (χ1v) is 7.46. The summed E-state index contributed by atoms with van der Waals surface area (Å²) in [7, 11) is -3.68. The third-order valence-electron chi connectivity index (χ3n) is 1.14. The largest absolute Gasteiger partial charge is 0.361 e. The van der Waals surface area contributed by atoms with Crippen molar-refractivity contribution in [3.8, 4) is 0 Å². The number of nitrogens with zero attached hydrogens (tertiary/aromatic N) is 1. The minimum absolute atomic E-state index is 0.0460. The van der Waals surface area contributed by atoms with Crippen LogP contribution in [0.2, 0.25) is 0 Å². The fourth-order valence-electron chi connectivity index (χ4n) is 0.613. The zero-order valence-corrected chi connectivity index (χ0v) is 12.0. The van der Waals surface area contributed by atoms with Crippen molar-refractivity contribution < 1.29 is 18.5 Å². The van der Waals surface area contributed by atoms with Crippen molar-refractivity contribution in [1.82, 2.24) is 0 Å². The van der Waals surface area contributed by atoms with Gasteiger partial charge in [0.2, 0.25) is 0 Å². The molecular formula is C6H9BrCl2NO5P. The second-order valence-corrected chi connectivity index (χ2v) is 5.72. The summed E-state index contributed by atoms with van der Waals surface area (Å²) in [6.07, 6.45) is 0. The van der Waals surface area contributed by atoms with E-state index in [2.05, 4.69) is 15.9 Å². The number of hydrogen-bond donors (Lipinski definition) is 0. The molecule has 0 radical (unpaired) electrons. The standard InChI is InChI=1S/C6H9BrCl2NO5P/c7-6(10(11)12)5-16(13,14-3-1-8)15-4-2-9/h5H,1-4H2/b6-5+. The maximum Gasteiger partial charge on any atom is 0.361 e. The molecule has 0 spiro atoms. The molecule has 0 aliphatic carbocycles. The summed E-state index contributed by atoms with van der Waals surface area (Å²) in [6, 6.07) is 0. The Morgan fingerprint density at radius 2 is 1.81 bits per heavy atom. The molecule has 0 heterocycles. The van der Waals surface area contributed by atoms with Crippen LogP contribution in [0.4, 0.5) is 0 Å². The molecule has 0 bridgehead atoms. The number of nitro groups is 1. The molecule has 0 atom stereocenters. The summed E-state index contributed by atoms with van der Waals surface area (Å²) in [5, 5.41) is 10.3. The lowest BCUT2D eigenvalue weighted by molar-refractivity contribution is -0.408. The molecule has 10 heteroatoms. The van der Waals surface area contributed by atoms with Crippen molar-refractivity contribution in [1.29, 1.82) is 0 Å². The van der Waals surface area contributed by atoms with Crippen molar-refractivity contribution in [3.63, 3.8) is 0 Å². The Kier molecular flexibility index (Phi) is 8.63. The average molecular weight is 357 g/mol. The van der Waals surface area contributed by atoms with E-state index in [4.69, 9.17) is 32.2 Å². The summed E-state index contributed by atoms with van der Waals surface area (Å²) >= 11 is 13.3. The highest BCUT2D eigenvalue weighted by molar-refractivity contribution is 9.11. The van der Waals surface area contributed by atoms with E-state index in [1.165, 1.54) is 0 Å². The van der Waals surface area contributed by atoms with E-state index in [-0.39, 0.29) is 25.0 Å². The maximum atomic E-state index is 11.9. The van der Waals surface area contributed by atoms with E-state index < -0.39 is 17.1 Å². The first kappa shape index (κ1) is 16.4. The van der Waals surface area contributed by atoms with Gasteiger partial charge in [-0.1, -0.05) is 0 Å². The molecule has 0 amide bonds. The summed E-state index contributed by atoms with van der Waals surface area (Å²) in [6.45, 7) is -0.0920. The highest BCUT2D eigenvalue weighted by atomic mass is 79.9. The number of alkyl halides is 2. The van der Waals surface area contributed by atoms with Crippen molar-refractivity contribution in [2.24, 2.45) is 0 Å². The second-order valence-electron chi connectivity index (χ2n) is 2.29. The number of halogens is 3. The van der Waals surface area contributed by atoms with Crippen LogP contribution in [-0.2, 0) is 13.6 Å². The summed E-state index contributed by atoms with van der Waals surface area (Å²) < 4.78 is 21.0. The molecule has 16 heavy (non-hydrogen) atoms. The SMILES string of the molecule is O=[N+]([O-])/C(Br)=C/P(=O)(OCCCl)OCCCl. The molecule has 0 N–H and O–H groups in total. The highest BCUT2D eigenvalue weighted by Gasteiger charge is 2.25. The van der Waals surface area contributed by atoms with E-state index in [1.54, 1.807) is 0 Å². The molecule has 0 aromatic heterocycles. The average Bonchev–Trinajstić information content (AvgIpc) is 2.23. The molecule has 0 saturated heterocycles. The smallest absolute Gasteiger partial charge is 0.304 e. The van der Waals surface area contributed by atoms with Crippen molar-refractivity contribution >= 4 is 46.7 Å². The summed E-state index contributed by atoms with van der Waals surface area (Å²) in [4.78, 5) is 9.57. The molecule has 0 unspecified atom stereocenters. The van der Waals surface area contributed by atoms with Gasteiger partial charge in [-0.25, -0.2) is 0 Å². The predicted molar refractivity (Wildman–Crippen MR) is 65.0 cm³/mol. The van der Waals surface area contributed by atoms with Gasteiger partial charge in [0.1, 0.15) is 5.82 Å². The molecule has 0 rings (SSSR count). The molecule has 0 aliphatic heterocycles. The Morgan fingerprint density at radius 1 is 1.38 bits per heavy atom. The van der Waals surface area contributed by atoms with E-state index in [1.807, 2.05) is 0 Å². The monoisotopic (exact) mass is 355 g/mol. The van der Waals surface area contributed by atoms with Crippen LogP contribution in [-0.4, -0.2) is 29.9 Å². The molecule has 94 valence electrons. The Labute approximate surface area is 111 Å². The molecule has 0 saturated carbocycles. The van der Waals surface area contributed by atoms with Gasteiger partial charge < -0.3 is 9.05 Å². The van der Waals surface area contributed by atoms with Crippen LogP contribution in [0, 0.1) is 10.1 Å². The van der Waals surface area contributed by atoms with Gasteiger partial charge in [0.05, 0.1) is 18.1 Å². The van der Waals surface area contributed by atoms with E-state index in [0.717, 1.165) is 5.82 Å². The van der Waals surface area contributed by atoms with Crippen LogP contribution < -0.4 is 0 Å². The van der Waals surface area contributed by atoms with Gasteiger partial charge in [0.15, 0.2) is 0 Å². The minimum Gasteiger partial charge on any atom is -0.304 e. The normalized spacial score (nSPS) is 12.8. The Hall–Kier alpha value is 0.350. The lowest BCUT2D eigenvalue weighted by Crippen LogP contribution is -2.01. The molecule has 0 aliphatic rings. The first-order valence-electron chi connectivity index (χ1n) is 3.98. The zero-order valence-electron chi connectivity index (χ0n) is 7.98. The Balaban J connectivity index is 4.71. The van der Waals surface area contributed by atoms with Crippen LogP contribution in [0.5, 0.6) is 0 Å². The molecule has 6 nitrogen and oxygen atoms in total. The van der Waals surface area contributed by atoms with Crippen LogP contribution in [0.15, 0.2) is 10.4 Å². The maximum absolute atomic E-state index is 11.9. The first-order chi connectivity index (χ1) is 7.45. The fraction of sp³-hybridized carbons (Fsp3) is 0.667. The lowest BCUT2D eigenvalue weighted by atomic mass is 10.9. The van der Waals surface area contributed by atoms with Gasteiger partial charge in [-0.05, 0) is 0 Å². The predicted octanol–water partition coefficient (Wildman–Crippen LogP) is 3.16. The van der Waals surface area contributed by atoms with Gasteiger partial charge in [-0.15, -0.1) is 23.2 Å². The molecule has 0 aromatic carbocycles. The Morgan fingerprint density at radius 3 is 2.12 bits per heavy atom. The molecular weight excluding hydrogens is 348 g/mol. The number of hydrogen-bond acceptors (Lipinski definition) is 5. The van der Waals surface area contributed by atoms with Crippen LogP contribution in [0.3, 0.4) is 0 Å². The van der Waals surface area contributed by atoms with Crippen LogP contribution in [0.1, 0.15) is 0 Å². The fourth-order valence-corrected chi connectivity index (χ4v) is 3.01. The lowest BCUT2D eigenvalue weighted by Gasteiger charge is -2.12.